The summed E-state index contributed by atoms with van der Waals surface area (Å²) in [6.07, 6.45) is 4.35. The number of esters is 1. The van der Waals surface area contributed by atoms with Crippen LogP contribution in [0.15, 0.2) is 0 Å². The van der Waals surface area contributed by atoms with E-state index in [4.69, 9.17) is 4.74 Å². The molecule has 12 heteroatoms. The molecule has 0 amide bonds. The highest BCUT2D eigenvalue weighted by Gasteiger charge is 2.41. The molecule has 0 aliphatic heterocycles. The highest BCUT2D eigenvalue weighted by atomic mass is 32.2. The molecule has 2 aliphatic carbocycles. The van der Waals surface area contributed by atoms with Gasteiger partial charge in [-0.3, -0.25) is 9.59 Å². The molecule has 0 spiro atoms. The van der Waals surface area contributed by atoms with Crippen molar-refractivity contribution in [3.05, 3.63) is 0 Å². The summed E-state index contributed by atoms with van der Waals surface area (Å²) in [5.74, 6) is -0.784. The van der Waals surface area contributed by atoms with E-state index in [-0.39, 0.29) is 53.0 Å². The van der Waals surface area contributed by atoms with Gasteiger partial charge in [-0.05, 0) is 56.3 Å². The molecule has 1 N–H and O–H groups in total. The van der Waals surface area contributed by atoms with Gasteiger partial charge in [0.05, 0.1) is 29.9 Å². The maximum atomic E-state index is 12.4. The Morgan fingerprint density at radius 2 is 1.05 bits per heavy atom. The van der Waals surface area contributed by atoms with E-state index in [9.17, 15) is 31.5 Å². The van der Waals surface area contributed by atoms with Crippen molar-refractivity contribution in [2.75, 3.05) is 44.3 Å². The second kappa shape index (κ2) is 17.0. The van der Waals surface area contributed by atoms with Gasteiger partial charge in [-0.1, -0.05) is 54.4 Å². The van der Waals surface area contributed by atoms with Gasteiger partial charge in [-0.2, -0.15) is 0 Å². The molecule has 40 heavy (non-hydrogen) atoms. The average molecular weight is 611 g/mol. The molecule has 0 bridgehead atoms. The number of sulfonamides is 2. The van der Waals surface area contributed by atoms with Crippen molar-refractivity contribution >= 4 is 32.0 Å². The predicted octanol–water partition coefficient (Wildman–Crippen LogP) is 4.07. The molecular formula is C28H54N2O8S2. The molecule has 0 aromatic rings. The highest BCUT2D eigenvalue weighted by Crippen LogP contribution is 2.40. The molecule has 0 aromatic heterocycles. The van der Waals surface area contributed by atoms with Crippen LogP contribution in [0.2, 0.25) is 0 Å². The van der Waals surface area contributed by atoms with Crippen LogP contribution in [-0.2, 0) is 34.4 Å². The largest absolute Gasteiger partial charge is 0.481 e. The smallest absolute Gasteiger partial charge is 0.309 e. The van der Waals surface area contributed by atoms with Crippen LogP contribution in [0.25, 0.3) is 0 Å². The first kappa shape index (κ1) is 36.8. The summed E-state index contributed by atoms with van der Waals surface area (Å²) >= 11 is 0. The van der Waals surface area contributed by atoms with Gasteiger partial charge in [0.2, 0.25) is 20.0 Å². The Balaban J connectivity index is 0.000000402. The van der Waals surface area contributed by atoms with Crippen LogP contribution >= 0.6 is 0 Å². The van der Waals surface area contributed by atoms with Gasteiger partial charge in [-0.25, -0.2) is 25.4 Å². The quantitative estimate of drug-likeness (QED) is 0.274. The fraction of sp³-hybridized carbons (Fsp3) is 0.929. The number of hydrogen-bond donors (Lipinski definition) is 1. The van der Waals surface area contributed by atoms with Gasteiger partial charge in [0.15, 0.2) is 0 Å². The fourth-order valence-corrected chi connectivity index (χ4v) is 10.3. The van der Waals surface area contributed by atoms with Crippen LogP contribution in [0.5, 0.6) is 0 Å². The molecule has 2 fully saturated rings. The third-order valence-corrected chi connectivity index (χ3v) is 13.0. The molecule has 236 valence electrons. The lowest BCUT2D eigenvalue weighted by molar-refractivity contribution is -0.149. The van der Waals surface area contributed by atoms with E-state index in [1.165, 1.54) is 8.61 Å². The second-order valence-electron chi connectivity index (χ2n) is 11.0. The van der Waals surface area contributed by atoms with Crippen molar-refractivity contribution in [2.24, 2.45) is 35.5 Å². The number of carboxylic acids is 1. The van der Waals surface area contributed by atoms with Gasteiger partial charge in [-0.15, -0.1) is 0 Å². The molecule has 0 aromatic carbocycles. The Bertz CT molecular complexity index is 994. The molecule has 6 unspecified atom stereocenters. The molecule has 2 saturated carbocycles. The minimum Gasteiger partial charge on any atom is -0.481 e. The first-order valence-electron chi connectivity index (χ1n) is 15.1. The van der Waals surface area contributed by atoms with Crippen LogP contribution in [0, 0.1) is 35.5 Å². The van der Waals surface area contributed by atoms with E-state index in [0.29, 0.717) is 52.0 Å². The zero-order valence-electron chi connectivity index (χ0n) is 25.7. The first-order valence-corrected chi connectivity index (χ1v) is 18.3. The number of carbonyl (C=O) groups is 2. The van der Waals surface area contributed by atoms with E-state index in [0.717, 1.165) is 19.3 Å². The van der Waals surface area contributed by atoms with Crippen LogP contribution in [0.4, 0.5) is 0 Å². The Morgan fingerprint density at radius 3 is 1.35 bits per heavy atom. The number of carboxylic acid groups (broad SMARTS) is 1. The van der Waals surface area contributed by atoms with Crippen LogP contribution in [0.1, 0.15) is 87.0 Å². The van der Waals surface area contributed by atoms with E-state index >= 15 is 0 Å². The summed E-state index contributed by atoms with van der Waals surface area (Å²) < 4.78 is 57.2. The van der Waals surface area contributed by atoms with Crippen molar-refractivity contribution in [2.45, 2.75) is 87.0 Å². The topological polar surface area (TPSA) is 138 Å². The third-order valence-electron chi connectivity index (χ3n) is 8.63. The second-order valence-corrected chi connectivity index (χ2v) is 15.1. The minimum atomic E-state index is -3.25. The number of carbonyl (C=O) groups excluding carboxylic acids is 1. The van der Waals surface area contributed by atoms with Crippen LogP contribution in [0.3, 0.4) is 0 Å². The molecule has 2 aliphatic rings. The number of aliphatic carboxylic acids is 1. The predicted molar refractivity (Wildman–Crippen MR) is 158 cm³/mol. The Morgan fingerprint density at radius 1 is 0.675 bits per heavy atom. The number of hydrogen-bond acceptors (Lipinski definition) is 7. The van der Waals surface area contributed by atoms with E-state index < -0.39 is 26.0 Å². The lowest BCUT2D eigenvalue weighted by Crippen LogP contribution is -2.34. The summed E-state index contributed by atoms with van der Waals surface area (Å²) in [5.41, 5.74) is 0. The van der Waals surface area contributed by atoms with E-state index in [1.807, 2.05) is 34.6 Å². The summed E-state index contributed by atoms with van der Waals surface area (Å²) in [4.78, 5) is 23.2. The first-order chi connectivity index (χ1) is 18.7. The maximum absolute atomic E-state index is 12.4. The summed E-state index contributed by atoms with van der Waals surface area (Å²) in [6.45, 7) is 15.5. The minimum absolute atomic E-state index is 0.0170. The number of rotatable bonds is 15. The van der Waals surface area contributed by atoms with Crippen molar-refractivity contribution in [3.63, 3.8) is 0 Å². The lowest BCUT2D eigenvalue weighted by Gasteiger charge is -2.20. The Labute approximate surface area is 243 Å². The van der Waals surface area contributed by atoms with Gasteiger partial charge >= 0.3 is 11.9 Å². The Hall–Kier alpha value is -1.24. The SMILES string of the molecule is CCC1CC(CS(=O)(=O)N(CC)CC)CC1C(=O)O.CCOC(=O)C1CC(CS(=O)(=O)N(CC)CC)CC1CC. The van der Waals surface area contributed by atoms with Gasteiger partial charge < -0.3 is 9.84 Å². The standard InChI is InChI=1S/C15H29NO4S.C13H25NO4S/c1-5-13-9-12(10-14(13)15(17)20-8-4)11-21(18,19)16(6-2)7-3;1-4-11-7-10(8-12(11)13(15)16)9-19(17,18)14(5-2)6-3/h12-14H,5-11H2,1-4H3;10-12H,4-9H2,1-3H3,(H,15,16). The molecule has 0 radical (unpaired) electrons. The van der Waals surface area contributed by atoms with Crippen molar-refractivity contribution in [1.29, 1.82) is 0 Å². The zero-order chi connectivity index (χ0) is 30.7. The summed E-state index contributed by atoms with van der Waals surface area (Å²) in [5, 5.41) is 9.17. The lowest BCUT2D eigenvalue weighted by atomic mass is 9.94. The Kier molecular flexibility index (Phi) is 15.6. The maximum Gasteiger partial charge on any atom is 0.309 e. The van der Waals surface area contributed by atoms with E-state index in [1.54, 1.807) is 6.92 Å². The molecule has 6 atom stereocenters. The zero-order valence-corrected chi connectivity index (χ0v) is 27.3. The summed E-state index contributed by atoms with van der Waals surface area (Å²) in [7, 11) is -6.46. The van der Waals surface area contributed by atoms with Gasteiger partial charge in [0, 0.05) is 26.2 Å². The monoisotopic (exact) mass is 610 g/mol. The van der Waals surface area contributed by atoms with Crippen molar-refractivity contribution in [1.82, 2.24) is 8.61 Å². The molecule has 0 saturated heterocycles. The van der Waals surface area contributed by atoms with E-state index in [2.05, 4.69) is 6.92 Å². The highest BCUT2D eigenvalue weighted by molar-refractivity contribution is 7.89. The summed E-state index contributed by atoms with van der Waals surface area (Å²) in [6, 6.07) is 0. The van der Waals surface area contributed by atoms with Gasteiger partial charge in [0.25, 0.3) is 0 Å². The average Bonchev–Trinajstić information content (AvgIpc) is 3.48. The van der Waals surface area contributed by atoms with Gasteiger partial charge in [0.1, 0.15) is 0 Å². The third kappa shape index (κ3) is 10.2. The molecular weight excluding hydrogens is 556 g/mol. The molecule has 0 heterocycles. The van der Waals surface area contributed by atoms with Crippen molar-refractivity contribution < 1.29 is 36.3 Å². The van der Waals surface area contributed by atoms with Crippen LogP contribution < -0.4 is 0 Å². The molecule has 2 rings (SSSR count). The normalized spacial score (nSPS) is 27.0. The van der Waals surface area contributed by atoms with Crippen molar-refractivity contribution in [3.8, 4) is 0 Å². The fourth-order valence-electron chi connectivity index (χ4n) is 6.54. The number of nitrogens with zero attached hydrogens (tertiary/aromatic N) is 2. The molecule has 10 nitrogen and oxygen atoms in total. The number of ether oxygens (including phenoxy) is 1. The van der Waals surface area contributed by atoms with Crippen LogP contribution in [-0.4, -0.2) is 86.8 Å².